The van der Waals surface area contributed by atoms with Crippen molar-refractivity contribution in [3.8, 4) is 0 Å². The number of imidazole rings is 1. The van der Waals surface area contributed by atoms with Crippen molar-refractivity contribution in [1.29, 1.82) is 0 Å². The van der Waals surface area contributed by atoms with Crippen molar-refractivity contribution in [3.63, 3.8) is 0 Å². The molecule has 3 aromatic heterocycles. The van der Waals surface area contributed by atoms with Crippen LogP contribution in [0.25, 0.3) is 21.8 Å². The maximum atomic E-state index is 14.1. The van der Waals surface area contributed by atoms with Crippen LogP contribution in [0.5, 0.6) is 0 Å². The number of aliphatic imine (C=N–C) groups is 1. The molecule has 0 bridgehead atoms. The third-order valence-corrected chi connectivity index (χ3v) is 10.6. The van der Waals surface area contributed by atoms with Crippen LogP contribution < -0.4 is 22.1 Å². The zero-order valence-corrected chi connectivity index (χ0v) is 36.3. The second-order valence-corrected chi connectivity index (χ2v) is 15.6. The number of fused-ring (bicyclic) bond motifs is 2. The molecule has 5 rings (SSSR count). The smallest absolute Gasteiger partial charge is 0.323 e. The molecule has 0 radical (unpaired) electrons. The fraction of sp³-hybridized carbons (Fsp3) is 0.409. The lowest BCUT2D eigenvalue weighted by molar-refractivity contribution is -0.148. The van der Waals surface area contributed by atoms with Crippen molar-refractivity contribution in [1.82, 2.24) is 50.2 Å². The van der Waals surface area contributed by atoms with Crippen molar-refractivity contribution in [3.05, 3.63) is 90.3 Å². The van der Waals surface area contributed by atoms with Gasteiger partial charge >= 0.3 is 5.97 Å². The van der Waals surface area contributed by atoms with Crippen LogP contribution in [-0.4, -0.2) is 164 Å². The monoisotopic (exact) mass is 881 g/mol. The topological polar surface area (TPSA) is 284 Å². The number of aromatic amines is 3. The van der Waals surface area contributed by atoms with E-state index >= 15 is 0 Å². The van der Waals surface area contributed by atoms with E-state index in [0.29, 0.717) is 32.2 Å². The molecule has 5 aromatic rings. The van der Waals surface area contributed by atoms with E-state index in [9.17, 15) is 33.9 Å². The minimum absolute atomic E-state index is 0.0422. The molecule has 342 valence electrons. The third-order valence-electron chi connectivity index (χ3n) is 10.6. The summed E-state index contributed by atoms with van der Waals surface area (Å²) < 4.78 is 0. The zero-order chi connectivity index (χ0) is 46.0. The maximum absolute atomic E-state index is 14.1. The first-order valence-electron chi connectivity index (χ1n) is 21.2. The molecule has 0 fully saturated rings. The quantitative estimate of drug-likeness (QED) is 0.0216. The number of hydrogen-bond donors (Lipinski definition) is 8. The summed E-state index contributed by atoms with van der Waals surface area (Å²) in [6.07, 6.45) is 8.76. The highest BCUT2D eigenvalue weighted by Crippen LogP contribution is 2.20. The molecule has 5 amide bonds. The number of aromatic nitrogens is 4. The van der Waals surface area contributed by atoms with Crippen molar-refractivity contribution in [2.24, 2.45) is 16.5 Å². The van der Waals surface area contributed by atoms with Gasteiger partial charge in [0.1, 0.15) is 12.4 Å². The number of carbonyl (C=O) groups excluding carboxylic acids is 5. The maximum Gasteiger partial charge on any atom is 0.323 e. The Morgan fingerprint density at radius 1 is 0.719 bits per heavy atom. The number of carboxylic acid groups (broad SMARTS) is 1. The molecule has 10 N–H and O–H groups in total. The predicted molar refractivity (Wildman–Crippen MR) is 242 cm³/mol. The summed E-state index contributed by atoms with van der Waals surface area (Å²) in [5, 5.41) is 17.1. The number of para-hydroxylation sites is 2. The first-order valence-corrected chi connectivity index (χ1v) is 21.2. The molecule has 0 aliphatic carbocycles. The van der Waals surface area contributed by atoms with Gasteiger partial charge in [0.25, 0.3) is 0 Å². The molecule has 64 heavy (non-hydrogen) atoms. The Hall–Kier alpha value is -7.22. The minimum Gasteiger partial charge on any atom is -0.480 e. The molecule has 0 saturated carbocycles. The van der Waals surface area contributed by atoms with Crippen molar-refractivity contribution < 1.29 is 33.9 Å². The van der Waals surface area contributed by atoms with Crippen LogP contribution >= 0.6 is 0 Å². The number of carbonyl (C=O) groups is 6. The molecule has 0 atom stereocenters. The number of nitrogens with zero attached hydrogens (tertiary/aromatic N) is 6. The van der Waals surface area contributed by atoms with E-state index in [1.165, 1.54) is 19.6 Å². The number of H-pyrrole nitrogens is 3. The zero-order valence-electron chi connectivity index (χ0n) is 36.3. The van der Waals surface area contributed by atoms with Crippen LogP contribution in [0.15, 0.2) is 78.3 Å². The largest absolute Gasteiger partial charge is 0.480 e. The summed E-state index contributed by atoms with van der Waals surface area (Å²) in [7, 11) is 0. The van der Waals surface area contributed by atoms with E-state index in [1.54, 1.807) is 26.2 Å². The summed E-state index contributed by atoms with van der Waals surface area (Å²) in [5.41, 5.74) is 14.8. The van der Waals surface area contributed by atoms with Gasteiger partial charge in [-0.25, -0.2) is 4.98 Å². The van der Waals surface area contributed by atoms with Crippen LogP contribution in [0.1, 0.15) is 37.2 Å². The molecule has 20 nitrogen and oxygen atoms in total. The van der Waals surface area contributed by atoms with Crippen LogP contribution in [0.3, 0.4) is 0 Å². The van der Waals surface area contributed by atoms with Crippen molar-refractivity contribution in [2.45, 2.75) is 45.6 Å². The Labute approximate surface area is 370 Å². The first-order chi connectivity index (χ1) is 30.8. The Morgan fingerprint density at radius 2 is 1.30 bits per heavy atom. The molecule has 20 heteroatoms. The molecule has 0 saturated heterocycles. The molecule has 3 heterocycles. The van der Waals surface area contributed by atoms with Gasteiger partial charge in [-0.3, -0.25) is 33.8 Å². The minimum atomic E-state index is -1.19. The molecule has 0 aliphatic heterocycles. The van der Waals surface area contributed by atoms with Crippen LogP contribution in [0, 0.1) is 0 Å². The van der Waals surface area contributed by atoms with Gasteiger partial charge in [0.2, 0.25) is 29.5 Å². The number of carboxylic acids is 1. The van der Waals surface area contributed by atoms with Gasteiger partial charge in [-0.1, -0.05) is 36.4 Å². The lowest BCUT2D eigenvalue weighted by Gasteiger charge is -2.29. The van der Waals surface area contributed by atoms with Crippen LogP contribution in [0.2, 0.25) is 0 Å². The lowest BCUT2D eigenvalue weighted by atomic mass is 10.1. The highest BCUT2D eigenvalue weighted by atomic mass is 16.4. The van der Waals surface area contributed by atoms with E-state index in [-0.39, 0.29) is 51.1 Å². The van der Waals surface area contributed by atoms with Gasteiger partial charge in [0.05, 0.1) is 32.7 Å². The van der Waals surface area contributed by atoms with E-state index in [2.05, 4.69) is 35.6 Å². The molecule has 2 aromatic carbocycles. The van der Waals surface area contributed by atoms with E-state index < -0.39 is 61.8 Å². The third kappa shape index (κ3) is 14.4. The number of nitrogens with one attached hydrogen (secondary N) is 5. The second-order valence-electron chi connectivity index (χ2n) is 15.6. The highest BCUT2D eigenvalue weighted by molar-refractivity contribution is 5.92. The van der Waals surface area contributed by atoms with E-state index in [4.69, 9.17) is 11.5 Å². The average Bonchev–Trinajstić information content (AvgIpc) is 4.05. The second kappa shape index (κ2) is 23.8. The molecular formula is C44H59N13O7. The Morgan fingerprint density at radius 3 is 1.86 bits per heavy atom. The van der Waals surface area contributed by atoms with Gasteiger partial charge in [-0.15, -0.1) is 0 Å². The SMILES string of the molecule is CC(C)N(CC(=O)O)C(=O)CN(CCc1c[nH]c2ccccc12)C(=O)CNC(=O)CN(CCCN=C(N)N)C(=O)CN(CCc1c[nH]c2ccccc12)C(=O)CNCCc1ncc[nH]1. The average molecular weight is 882 g/mol. The summed E-state index contributed by atoms with van der Waals surface area (Å²) in [6.45, 7) is 2.08. The summed E-state index contributed by atoms with van der Waals surface area (Å²) in [4.78, 5) is 103. The van der Waals surface area contributed by atoms with Crippen LogP contribution in [0.4, 0.5) is 0 Å². The van der Waals surface area contributed by atoms with E-state index in [1.807, 2.05) is 60.9 Å². The molecular weight excluding hydrogens is 823 g/mol. The number of benzene rings is 2. The van der Waals surface area contributed by atoms with Gasteiger partial charge in [0, 0.05) is 91.8 Å². The fourth-order valence-corrected chi connectivity index (χ4v) is 7.22. The number of amides is 5. The van der Waals surface area contributed by atoms with Gasteiger partial charge < -0.3 is 61.8 Å². The summed E-state index contributed by atoms with van der Waals surface area (Å²) >= 11 is 0. The van der Waals surface area contributed by atoms with Crippen molar-refractivity contribution in [2.75, 3.05) is 72.0 Å². The summed E-state index contributed by atoms with van der Waals surface area (Å²) in [5.74, 6) is -3.18. The van der Waals surface area contributed by atoms with Crippen molar-refractivity contribution >= 4 is 63.3 Å². The molecule has 0 spiro atoms. The van der Waals surface area contributed by atoms with Gasteiger partial charge in [0.15, 0.2) is 5.96 Å². The first kappa shape index (κ1) is 47.8. The lowest BCUT2D eigenvalue weighted by Crippen LogP contribution is -2.51. The van der Waals surface area contributed by atoms with E-state index in [0.717, 1.165) is 38.8 Å². The normalized spacial score (nSPS) is 11.1. The Balaban J connectivity index is 1.27. The summed E-state index contributed by atoms with van der Waals surface area (Å²) in [6, 6.07) is 15.0. The molecule has 0 unspecified atom stereocenters. The number of guanidine groups is 1. The molecule has 0 aliphatic rings. The fourth-order valence-electron chi connectivity index (χ4n) is 7.22. The number of hydrogen-bond acceptors (Lipinski definition) is 9. The number of nitrogens with two attached hydrogens (primary N) is 2. The Bertz CT molecular complexity index is 2370. The van der Waals surface area contributed by atoms with Gasteiger partial charge in [-0.05, 0) is 56.4 Å². The predicted octanol–water partition coefficient (Wildman–Crippen LogP) is 0.577. The number of rotatable bonds is 26. The number of aliphatic carboxylic acids is 1. The Kier molecular flexibility index (Phi) is 17.8. The van der Waals surface area contributed by atoms with Crippen LogP contribution in [-0.2, 0) is 48.0 Å². The standard InChI is InChI=1S/C44H59N13O7/c1-30(2)57(29-43(63)64)42(62)28-56(21-14-32-23-52-36-11-6-4-9-34(32)36)40(60)25-53-38(58)26-54(19-7-15-50-44(45)46)41(61)27-55(39(59)24-47-16-12-37-48-17-18-49-37)20-13-31-22-51-35-10-5-3-8-33(31)35/h3-6,8-11,17-18,22-23,30,47,51-52H,7,12-16,19-21,24-29H2,1-2H3,(H,48,49)(H,53,58)(H,63,64)(H4,45,46,50). The highest BCUT2D eigenvalue weighted by Gasteiger charge is 2.27. The van der Waals surface area contributed by atoms with Gasteiger partial charge in [-0.2, -0.15) is 0 Å².